The van der Waals surface area contributed by atoms with Gasteiger partial charge in [-0.2, -0.15) is 0 Å². The first-order valence-electron chi connectivity index (χ1n) is 7.22. The fourth-order valence-electron chi connectivity index (χ4n) is 2.56. The molecule has 6 heteroatoms. The highest BCUT2D eigenvalue weighted by Crippen LogP contribution is 2.21. The van der Waals surface area contributed by atoms with E-state index in [-0.39, 0.29) is 5.91 Å². The van der Waals surface area contributed by atoms with Crippen molar-refractivity contribution in [1.82, 2.24) is 19.7 Å². The predicted octanol–water partition coefficient (Wildman–Crippen LogP) is 1.02. The van der Waals surface area contributed by atoms with E-state index in [1.165, 1.54) is 0 Å². The summed E-state index contributed by atoms with van der Waals surface area (Å²) in [6.45, 7) is 3.75. The van der Waals surface area contributed by atoms with Gasteiger partial charge in [-0.25, -0.2) is 0 Å². The van der Waals surface area contributed by atoms with Gasteiger partial charge < -0.3 is 15.2 Å². The van der Waals surface area contributed by atoms with E-state index >= 15 is 0 Å². The van der Waals surface area contributed by atoms with Crippen molar-refractivity contribution in [2.24, 2.45) is 5.73 Å². The number of carbonyl (C=O) groups excluding carboxylic acids is 1. The first kappa shape index (κ1) is 13.8. The molecule has 1 aromatic heterocycles. The van der Waals surface area contributed by atoms with Gasteiger partial charge in [0.1, 0.15) is 0 Å². The highest BCUT2D eigenvalue weighted by Gasteiger charge is 2.27. The minimum absolute atomic E-state index is 0.00647. The molecule has 0 bridgehead atoms. The Kier molecular flexibility index (Phi) is 3.70. The zero-order chi connectivity index (χ0) is 14.8. The Balaban J connectivity index is 1.83. The van der Waals surface area contributed by atoms with Crippen LogP contribution < -0.4 is 5.73 Å². The average Bonchev–Trinajstić information content (AvgIpc) is 2.97. The molecule has 0 radical (unpaired) electrons. The molecule has 0 saturated heterocycles. The van der Waals surface area contributed by atoms with E-state index in [9.17, 15) is 4.79 Å². The van der Waals surface area contributed by atoms with Crippen LogP contribution in [0.4, 0.5) is 0 Å². The van der Waals surface area contributed by atoms with Crippen LogP contribution in [0.15, 0.2) is 30.3 Å². The maximum atomic E-state index is 12.2. The first-order valence-corrected chi connectivity index (χ1v) is 7.22. The summed E-state index contributed by atoms with van der Waals surface area (Å²) < 4.78 is 2.08. The third kappa shape index (κ3) is 2.54. The molecule has 1 aromatic carbocycles. The van der Waals surface area contributed by atoms with Crippen molar-refractivity contribution in [1.29, 1.82) is 0 Å². The molecule has 0 saturated carbocycles. The lowest BCUT2D eigenvalue weighted by molar-refractivity contribution is -0.134. The van der Waals surface area contributed by atoms with Crippen molar-refractivity contribution in [3.63, 3.8) is 0 Å². The first-order chi connectivity index (χ1) is 10.2. The highest BCUT2D eigenvalue weighted by atomic mass is 16.2. The van der Waals surface area contributed by atoms with Crippen LogP contribution in [0.2, 0.25) is 0 Å². The molecule has 21 heavy (non-hydrogen) atoms. The molecule has 0 fully saturated rings. The van der Waals surface area contributed by atoms with Crippen molar-refractivity contribution in [3.05, 3.63) is 36.2 Å². The molecule has 1 atom stereocenters. The second-order valence-corrected chi connectivity index (χ2v) is 5.23. The average molecular weight is 285 g/mol. The zero-order valence-corrected chi connectivity index (χ0v) is 12.1. The van der Waals surface area contributed by atoms with Gasteiger partial charge in [0.15, 0.2) is 11.6 Å². The van der Waals surface area contributed by atoms with E-state index in [2.05, 4.69) is 14.8 Å². The summed E-state index contributed by atoms with van der Waals surface area (Å²) in [4.78, 5) is 13.9. The summed E-state index contributed by atoms with van der Waals surface area (Å²) in [6, 6.07) is 9.55. The summed E-state index contributed by atoms with van der Waals surface area (Å²) >= 11 is 0. The molecular formula is C15H19N5O. The monoisotopic (exact) mass is 285 g/mol. The fraction of sp³-hybridized carbons (Fsp3) is 0.400. The van der Waals surface area contributed by atoms with Gasteiger partial charge in [-0.05, 0) is 6.42 Å². The minimum Gasteiger partial charge on any atom is -0.332 e. The number of hydrogen-bond donors (Lipinski definition) is 1. The summed E-state index contributed by atoms with van der Waals surface area (Å²) in [5.74, 6) is 1.67. The normalized spacial score (nSPS) is 15.6. The van der Waals surface area contributed by atoms with E-state index in [1.807, 2.05) is 37.3 Å². The van der Waals surface area contributed by atoms with E-state index in [1.54, 1.807) is 4.90 Å². The fourth-order valence-corrected chi connectivity index (χ4v) is 2.56. The topological polar surface area (TPSA) is 77.0 Å². The lowest BCUT2D eigenvalue weighted by atomic mass is 10.2. The number of aromatic nitrogens is 3. The van der Waals surface area contributed by atoms with Gasteiger partial charge in [-0.1, -0.05) is 37.3 Å². The van der Waals surface area contributed by atoms with Crippen molar-refractivity contribution in [2.75, 3.05) is 6.54 Å². The Hall–Kier alpha value is -2.21. The molecule has 2 heterocycles. The van der Waals surface area contributed by atoms with Crippen LogP contribution in [0, 0.1) is 0 Å². The van der Waals surface area contributed by atoms with Gasteiger partial charge in [0.05, 0.1) is 12.6 Å². The molecule has 0 aliphatic carbocycles. The van der Waals surface area contributed by atoms with Gasteiger partial charge in [-0.3, -0.25) is 4.79 Å². The maximum absolute atomic E-state index is 12.2. The van der Waals surface area contributed by atoms with E-state index in [0.29, 0.717) is 26.1 Å². The quantitative estimate of drug-likeness (QED) is 0.913. The number of benzene rings is 1. The number of amides is 1. The lowest BCUT2D eigenvalue weighted by Crippen LogP contribution is -2.46. The minimum atomic E-state index is -0.423. The van der Waals surface area contributed by atoms with Crippen LogP contribution in [0.5, 0.6) is 0 Å². The highest BCUT2D eigenvalue weighted by molar-refractivity contribution is 5.81. The van der Waals surface area contributed by atoms with Gasteiger partial charge in [0.25, 0.3) is 0 Å². The van der Waals surface area contributed by atoms with Crippen LogP contribution in [0.1, 0.15) is 19.2 Å². The Morgan fingerprint density at radius 2 is 2.05 bits per heavy atom. The van der Waals surface area contributed by atoms with Crippen LogP contribution in [0.25, 0.3) is 11.4 Å². The van der Waals surface area contributed by atoms with Gasteiger partial charge >= 0.3 is 0 Å². The third-order valence-electron chi connectivity index (χ3n) is 3.85. The number of carbonyl (C=O) groups is 1. The van der Waals surface area contributed by atoms with Crippen molar-refractivity contribution in [3.8, 4) is 11.4 Å². The molecule has 2 N–H and O–H groups in total. The Bertz CT molecular complexity index is 637. The standard InChI is InChI=1S/C15H19N5O/c1-2-12(16)15(21)19-8-9-20-13(10-19)17-18-14(20)11-6-4-3-5-7-11/h3-7,12H,2,8-10,16H2,1H3/t12-/m0/s1. The molecule has 0 spiro atoms. The number of nitrogens with zero attached hydrogens (tertiary/aromatic N) is 4. The van der Waals surface area contributed by atoms with Crippen LogP contribution in [0.3, 0.4) is 0 Å². The Morgan fingerprint density at radius 3 is 2.76 bits per heavy atom. The number of fused-ring (bicyclic) bond motifs is 1. The largest absolute Gasteiger partial charge is 0.332 e. The van der Waals surface area contributed by atoms with Crippen molar-refractivity contribution < 1.29 is 4.79 Å². The molecule has 1 aliphatic heterocycles. The van der Waals surface area contributed by atoms with E-state index in [4.69, 9.17) is 5.73 Å². The Labute approximate surface area is 123 Å². The summed E-state index contributed by atoms with van der Waals surface area (Å²) in [5, 5.41) is 8.50. The maximum Gasteiger partial charge on any atom is 0.239 e. The zero-order valence-electron chi connectivity index (χ0n) is 12.1. The molecule has 2 aromatic rings. The van der Waals surface area contributed by atoms with Gasteiger partial charge in [0, 0.05) is 18.7 Å². The van der Waals surface area contributed by atoms with Gasteiger partial charge in [-0.15, -0.1) is 10.2 Å². The van der Waals surface area contributed by atoms with E-state index in [0.717, 1.165) is 17.2 Å². The number of rotatable bonds is 3. The molecule has 110 valence electrons. The van der Waals surface area contributed by atoms with Crippen LogP contribution >= 0.6 is 0 Å². The van der Waals surface area contributed by atoms with Crippen molar-refractivity contribution >= 4 is 5.91 Å². The molecule has 3 rings (SSSR count). The van der Waals surface area contributed by atoms with Crippen LogP contribution in [-0.2, 0) is 17.9 Å². The molecule has 1 aliphatic rings. The second kappa shape index (κ2) is 5.65. The SMILES string of the molecule is CC[C@H](N)C(=O)N1CCn2c(nnc2-c2ccccc2)C1. The predicted molar refractivity (Wildman–Crippen MR) is 79.1 cm³/mol. The number of hydrogen-bond acceptors (Lipinski definition) is 4. The lowest BCUT2D eigenvalue weighted by Gasteiger charge is -2.29. The molecule has 1 amide bonds. The van der Waals surface area contributed by atoms with Crippen LogP contribution in [-0.4, -0.2) is 38.2 Å². The molecular weight excluding hydrogens is 266 g/mol. The number of nitrogens with two attached hydrogens (primary N) is 1. The summed E-state index contributed by atoms with van der Waals surface area (Å²) in [6.07, 6.45) is 0.650. The second-order valence-electron chi connectivity index (χ2n) is 5.23. The molecule has 0 unspecified atom stereocenters. The third-order valence-corrected chi connectivity index (χ3v) is 3.85. The smallest absolute Gasteiger partial charge is 0.239 e. The van der Waals surface area contributed by atoms with E-state index < -0.39 is 6.04 Å². The van der Waals surface area contributed by atoms with Gasteiger partial charge in [0.2, 0.25) is 5.91 Å². The summed E-state index contributed by atoms with van der Waals surface area (Å²) in [5.41, 5.74) is 6.87. The summed E-state index contributed by atoms with van der Waals surface area (Å²) in [7, 11) is 0. The Morgan fingerprint density at radius 1 is 1.29 bits per heavy atom. The molecule has 6 nitrogen and oxygen atoms in total. The van der Waals surface area contributed by atoms with Crippen molar-refractivity contribution in [2.45, 2.75) is 32.5 Å².